The van der Waals surface area contributed by atoms with E-state index in [4.69, 9.17) is 9.47 Å². The molecule has 7 nitrogen and oxygen atoms in total. The first-order chi connectivity index (χ1) is 13.0. The number of hydrogen-bond acceptors (Lipinski definition) is 6. The fraction of sp³-hybridized carbons (Fsp3) is 0.211. The molecule has 0 radical (unpaired) electrons. The first-order valence-electron chi connectivity index (χ1n) is 8.09. The molecule has 1 amide bonds. The minimum Gasteiger partial charge on any atom is -0.490 e. The molecule has 8 heteroatoms. The first kappa shape index (κ1) is 20.4. The van der Waals surface area contributed by atoms with Gasteiger partial charge in [-0.2, -0.15) is 5.10 Å². The highest BCUT2D eigenvalue weighted by atomic mass is 79.9. The van der Waals surface area contributed by atoms with E-state index in [-0.39, 0.29) is 12.5 Å². The summed E-state index contributed by atoms with van der Waals surface area (Å²) in [6.07, 6.45) is 1.49. The lowest BCUT2D eigenvalue weighted by Gasteiger charge is -2.11. The van der Waals surface area contributed by atoms with Crippen LogP contribution in [0.3, 0.4) is 0 Å². The van der Waals surface area contributed by atoms with Crippen LogP contribution in [0, 0.1) is 0 Å². The summed E-state index contributed by atoms with van der Waals surface area (Å²) < 4.78 is 16.1. The van der Waals surface area contributed by atoms with Crippen molar-refractivity contribution in [1.29, 1.82) is 0 Å². The molecule has 0 unspecified atom stereocenters. The van der Waals surface area contributed by atoms with Gasteiger partial charge in [0.15, 0.2) is 18.1 Å². The Morgan fingerprint density at radius 2 is 1.93 bits per heavy atom. The Labute approximate surface area is 165 Å². The van der Waals surface area contributed by atoms with Gasteiger partial charge in [-0.15, -0.1) is 0 Å². The maximum Gasteiger partial charge on any atom is 0.343 e. The number of rotatable bonds is 8. The highest BCUT2D eigenvalue weighted by Gasteiger charge is 2.10. The van der Waals surface area contributed by atoms with E-state index in [1.54, 1.807) is 36.4 Å². The Kier molecular flexibility index (Phi) is 7.81. The SMILES string of the molecule is CCOc1cc(/C=N/NC(=O)c2ccccc2Br)ccc1OCC(=O)OC. The van der Waals surface area contributed by atoms with E-state index in [1.807, 2.05) is 13.0 Å². The average Bonchev–Trinajstić information content (AvgIpc) is 2.67. The van der Waals surface area contributed by atoms with Gasteiger partial charge in [-0.25, -0.2) is 10.2 Å². The van der Waals surface area contributed by atoms with Crippen LogP contribution in [0.2, 0.25) is 0 Å². The van der Waals surface area contributed by atoms with Crippen LogP contribution in [-0.2, 0) is 9.53 Å². The number of halogens is 1. The molecule has 0 heterocycles. The topological polar surface area (TPSA) is 86.2 Å². The predicted octanol–water partition coefficient (Wildman–Crippen LogP) is 3.16. The van der Waals surface area contributed by atoms with E-state index in [2.05, 4.69) is 31.2 Å². The molecule has 1 N–H and O–H groups in total. The lowest BCUT2D eigenvalue weighted by Crippen LogP contribution is -2.18. The summed E-state index contributed by atoms with van der Waals surface area (Å²) in [5, 5.41) is 3.96. The molecule has 27 heavy (non-hydrogen) atoms. The molecule has 2 rings (SSSR count). The van der Waals surface area contributed by atoms with Gasteiger partial charge in [0.25, 0.3) is 5.91 Å². The number of nitrogens with zero attached hydrogens (tertiary/aromatic N) is 1. The van der Waals surface area contributed by atoms with Gasteiger partial charge in [0.2, 0.25) is 0 Å². The number of hydrazone groups is 1. The molecule has 142 valence electrons. The van der Waals surface area contributed by atoms with Gasteiger partial charge >= 0.3 is 5.97 Å². The van der Waals surface area contributed by atoms with E-state index < -0.39 is 5.97 Å². The van der Waals surface area contributed by atoms with Gasteiger partial charge in [0.05, 0.1) is 25.5 Å². The number of carbonyl (C=O) groups excluding carboxylic acids is 2. The number of hydrogen-bond donors (Lipinski definition) is 1. The molecule has 0 saturated carbocycles. The quantitative estimate of drug-likeness (QED) is 0.391. The number of carbonyl (C=O) groups is 2. The number of nitrogens with one attached hydrogen (secondary N) is 1. The maximum absolute atomic E-state index is 12.1. The van der Waals surface area contributed by atoms with Crippen molar-refractivity contribution in [2.24, 2.45) is 5.10 Å². The van der Waals surface area contributed by atoms with Crippen molar-refractivity contribution >= 4 is 34.0 Å². The fourth-order valence-corrected chi connectivity index (χ4v) is 2.52. The smallest absolute Gasteiger partial charge is 0.343 e. The zero-order valence-corrected chi connectivity index (χ0v) is 16.5. The lowest BCUT2D eigenvalue weighted by atomic mass is 10.2. The summed E-state index contributed by atoms with van der Waals surface area (Å²) in [4.78, 5) is 23.3. The summed E-state index contributed by atoms with van der Waals surface area (Å²) in [6.45, 7) is 2.04. The largest absolute Gasteiger partial charge is 0.490 e. The van der Waals surface area contributed by atoms with Crippen LogP contribution in [0.4, 0.5) is 0 Å². The molecule has 0 spiro atoms. The van der Waals surface area contributed by atoms with Gasteiger partial charge in [-0.1, -0.05) is 12.1 Å². The van der Waals surface area contributed by atoms with Crippen LogP contribution in [0.1, 0.15) is 22.8 Å². The maximum atomic E-state index is 12.1. The third kappa shape index (κ3) is 6.10. The number of ether oxygens (including phenoxy) is 3. The van der Waals surface area contributed by atoms with Crippen molar-refractivity contribution in [3.05, 3.63) is 58.1 Å². The van der Waals surface area contributed by atoms with Crippen molar-refractivity contribution in [2.75, 3.05) is 20.3 Å². The van der Waals surface area contributed by atoms with Crippen molar-refractivity contribution in [3.8, 4) is 11.5 Å². The second-order valence-electron chi connectivity index (χ2n) is 5.18. The predicted molar refractivity (Wildman–Crippen MR) is 104 cm³/mol. The van der Waals surface area contributed by atoms with Gasteiger partial charge in [0.1, 0.15) is 0 Å². The normalized spacial score (nSPS) is 10.5. The van der Waals surface area contributed by atoms with Crippen molar-refractivity contribution in [1.82, 2.24) is 5.43 Å². The van der Waals surface area contributed by atoms with Gasteiger partial charge in [-0.05, 0) is 58.7 Å². The van der Waals surface area contributed by atoms with E-state index in [0.29, 0.717) is 33.7 Å². The number of methoxy groups -OCH3 is 1. The van der Waals surface area contributed by atoms with E-state index in [0.717, 1.165) is 0 Å². The van der Waals surface area contributed by atoms with E-state index >= 15 is 0 Å². The molecule has 0 bridgehead atoms. The molecule has 0 aliphatic heterocycles. The third-order valence-electron chi connectivity index (χ3n) is 3.34. The van der Waals surface area contributed by atoms with Crippen LogP contribution in [0.25, 0.3) is 0 Å². The first-order valence-corrected chi connectivity index (χ1v) is 8.88. The molecule has 0 saturated heterocycles. The van der Waals surface area contributed by atoms with Crippen molar-refractivity contribution in [3.63, 3.8) is 0 Å². The number of benzene rings is 2. The second-order valence-corrected chi connectivity index (χ2v) is 6.04. The average molecular weight is 435 g/mol. The van der Waals surface area contributed by atoms with Gasteiger partial charge in [-0.3, -0.25) is 4.79 Å². The van der Waals surface area contributed by atoms with Gasteiger partial charge < -0.3 is 14.2 Å². The zero-order chi connectivity index (χ0) is 19.6. The van der Waals surface area contributed by atoms with Gasteiger partial charge in [0, 0.05) is 4.47 Å². The molecule has 2 aromatic rings. The van der Waals surface area contributed by atoms with E-state index in [1.165, 1.54) is 13.3 Å². The molecular weight excluding hydrogens is 416 g/mol. The fourth-order valence-electron chi connectivity index (χ4n) is 2.06. The highest BCUT2D eigenvalue weighted by molar-refractivity contribution is 9.10. The molecule has 0 aromatic heterocycles. The Balaban J connectivity index is 2.06. The summed E-state index contributed by atoms with van der Waals surface area (Å²) in [5.74, 6) is 0.0544. The van der Waals surface area contributed by atoms with E-state index in [9.17, 15) is 9.59 Å². The minimum absolute atomic E-state index is 0.216. The summed E-state index contributed by atoms with van der Waals surface area (Å²) >= 11 is 3.32. The number of esters is 1. The molecule has 2 aromatic carbocycles. The third-order valence-corrected chi connectivity index (χ3v) is 4.03. The lowest BCUT2D eigenvalue weighted by molar-refractivity contribution is -0.142. The van der Waals surface area contributed by atoms with Crippen molar-refractivity contribution in [2.45, 2.75) is 6.92 Å². The standard InChI is InChI=1S/C19H19BrN2O5/c1-3-26-17-10-13(8-9-16(17)27-12-18(23)25-2)11-21-22-19(24)14-6-4-5-7-15(14)20/h4-11H,3,12H2,1-2H3,(H,22,24)/b21-11+. The second kappa shape index (κ2) is 10.3. The Morgan fingerprint density at radius 3 is 2.63 bits per heavy atom. The number of amides is 1. The molecule has 0 fully saturated rings. The molecular formula is C19H19BrN2O5. The molecule has 0 aliphatic carbocycles. The Morgan fingerprint density at radius 1 is 1.15 bits per heavy atom. The summed E-state index contributed by atoms with van der Waals surface area (Å²) in [7, 11) is 1.29. The molecule has 0 aliphatic rings. The van der Waals surface area contributed by atoms with Crippen LogP contribution >= 0.6 is 15.9 Å². The Bertz CT molecular complexity index is 839. The monoisotopic (exact) mass is 434 g/mol. The minimum atomic E-state index is -0.488. The van der Waals surface area contributed by atoms with Crippen molar-refractivity contribution < 1.29 is 23.8 Å². The highest BCUT2D eigenvalue weighted by Crippen LogP contribution is 2.28. The van der Waals surface area contributed by atoms with Crippen LogP contribution in [0.5, 0.6) is 11.5 Å². The summed E-state index contributed by atoms with van der Waals surface area (Å²) in [5.41, 5.74) is 3.64. The van der Waals surface area contributed by atoms with Crippen LogP contribution in [0.15, 0.2) is 52.0 Å². The zero-order valence-electron chi connectivity index (χ0n) is 14.9. The summed E-state index contributed by atoms with van der Waals surface area (Å²) in [6, 6.07) is 12.1. The molecule has 0 atom stereocenters. The van der Waals surface area contributed by atoms with Crippen LogP contribution < -0.4 is 14.9 Å². The van der Waals surface area contributed by atoms with Crippen LogP contribution in [-0.4, -0.2) is 38.4 Å². The Hall–Kier alpha value is -2.87.